The first-order valence-corrected chi connectivity index (χ1v) is 7.27. The lowest BCUT2D eigenvalue weighted by Crippen LogP contribution is -2.37. The van der Waals surface area contributed by atoms with Gasteiger partial charge in [-0.2, -0.15) is 0 Å². The molecule has 18 heavy (non-hydrogen) atoms. The van der Waals surface area contributed by atoms with Crippen LogP contribution in [0.1, 0.15) is 44.7 Å². The second-order valence-electron chi connectivity index (χ2n) is 5.19. The third-order valence-corrected chi connectivity index (χ3v) is 4.29. The van der Waals surface area contributed by atoms with E-state index < -0.39 is 0 Å². The van der Waals surface area contributed by atoms with E-state index in [0.29, 0.717) is 12.1 Å². The highest BCUT2D eigenvalue weighted by Gasteiger charge is 2.23. The average molecular weight is 267 g/mol. The molecule has 2 nitrogen and oxygen atoms in total. The van der Waals surface area contributed by atoms with Crippen LogP contribution in [-0.2, 0) is 0 Å². The van der Waals surface area contributed by atoms with Crippen LogP contribution in [0.15, 0.2) is 18.2 Å². The van der Waals surface area contributed by atoms with Crippen molar-refractivity contribution in [3.8, 4) is 0 Å². The first kappa shape index (κ1) is 13.7. The van der Waals surface area contributed by atoms with Crippen LogP contribution in [0.3, 0.4) is 0 Å². The molecular formula is C15H23ClN2. The molecule has 1 fully saturated rings. The summed E-state index contributed by atoms with van der Waals surface area (Å²) in [5.74, 6) is 0. The summed E-state index contributed by atoms with van der Waals surface area (Å²) in [6, 6.07) is 7.47. The van der Waals surface area contributed by atoms with Gasteiger partial charge in [-0.3, -0.25) is 0 Å². The molecule has 1 aliphatic rings. The van der Waals surface area contributed by atoms with Gasteiger partial charge in [-0.1, -0.05) is 24.6 Å². The summed E-state index contributed by atoms with van der Waals surface area (Å²) in [6.45, 7) is 5.27. The number of anilines is 1. The third-order valence-electron chi connectivity index (χ3n) is 3.98. The fraction of sp³-hybridized carbons (Fsp3) is 0.600. The Bertz CT molecular complexity index is 401. The molecule has 1 N–H and O–H groups in total. The van der Waals surface area contributed by atoms with Crippen molar-refractivity contribution in [2.24, 2.45) is 0 Å². The Balaban J connectivity index is 2.13. The highest BCUT2D eigenvalue weighted by Crippen LogP contribution is 2.34. The SMILES string of the molecule is CCNC(C)c1ccc(N(C)C2CCC2)c(Cl)c1. The van der Waals surface area contributed by atoms with Crippen molar-refractivity contribution in [1.82, 2.24) is 5.32 Å². The second kappa shape index (κ2) is 5.94. The second-order valence-corrected chi connectivity index (χ2v) is 5.59. The quantitative estimate of drug-likeness (QED) is 0.867. The van der Waals surface area contributed by atoms with E-state index in [2.05, 4.69) is 49.3 Å². The molecule has 0 saturated heterocycles. The lowest BCUT2D eigenvalue weighted by Gasteiger charge is -2.37. The minimum atomic E-state index is 0.357. The van der Waals surface area contributed by atoms with Crippen molar-refractivity contribution in [3.63, 3.8) is 0 Å². The van der Waals surface area contributed by atoms with E-state index in [1.807, 2.05) is 0 Å². The Morgan fingerprint density at radius 1 is 1.44 bits per heavy atom. The molecule has 0 radical (unpaired) electrons. The van der Waals surface area contributed by atoms with E-state index in [9.17, 15) is 0 Å². The lowest BCUT2D eigenvalue weighted by atomic mass is 9.91. The smallest absolute Gasteiger partial charge is 0.0642 e. The summed E-state index contributed by atoms with van der Waals surface area (Å²) in [7, 11) is 2.15. The molecule has 0 aromatic heterocycles. The molecule has 1 aromatic carbocycles. The van der Waals surface area contributed by atoms with Gasteiger partial charge in [0.1, 0.15) is 0 Å². The topological polar surface area (TPSA) is 15.3 Å². The Morgan fingerprint density at radius 3 is 2.67 bits per heavy atom. The molecule has 0 amide bonds. The van der Waals surface area contributed by atoms with Gasteiger partial charge in [-0.15, -0.1) is 0 Å². The number of hydrogen-bond donors (Lipinski definition) is 1. The maximum Gasteiger partial charge on any atom is 0.0642 e. The maximum atomic E-state index is 6.42. The summed E-state index contributed by atoms with van der Waals surface area (Å²) in [4.78, 5) is 2.33. The molecule has 2 rings (SSSR count). The lowest BCUT2D eigenvalue weighted by molar-refractivity contribution is 0.401. The van der Waals surface area contributed by atoms with Gasteiger partial charge in [-0.25, -0.2) is 0 Å². The predicted molar refractivity (Wildman–Crippen MR) is 79.6 cm³/mol. The number of hydrogen-bond acceptors (Lipinski definition) is 2. The predicted octanol–water partition coefficient (Wildman–Crippen LogP) is 4.00. The zero-order valence-electron chi connectivity index (χ0n) is 11.5. The molecule has 0 aliphatic heterocycles. The zero-order valence-corrected chi connectivity index (χ0v) is 12.3. The molecule has 1 atom stereocenters. The van der Waals surface area contributed by atoms with Crippen LogP contribution >= 0.6 is 11.6 Å². The molecule has 100 valence electrons. The molecule has 1 saturated carbocycles. The number of nitrogens with one attached hydrogen (secondary N) is 1. The monoisotopic (exact) mass is 266 g/mol. The van der Waals surface area contributed by atoms with E-state index >= 15 is 0 Å². The van der Waals surface area contributed by atoms with Crippen LogP contribution in [0, 0.1) is 0 Å². The third kappa shape index (κ3) is 2.81. The number of rotatable bonds is 5. The van der Waals surface area contributed by atoms with Crippen LogP contribution in [-0.4, -0.2) is 19.6 Å². The standard InChI is InChI=1S/C15H23ClN2/c1-4-17-11(2)12-8-9-15(14(16)10-12)18(3)13-6-5-7-13/h8-11,13,17H,4-7H2,1-3H3. The fourth-order valence-electron chi connectivity index (χ4n) is 2.47. The summed E-state index contributed by atoms with van der Waals surface area (Å²) in [5, 5.41) is 4.28. The van der Waals surface area contributed by atoms with E-state index in [1.54, 1.807) is 0 Å². The van der Waals surface area contributed by atoms with Crippen molar-refractivity contribution in [2.45, 2.75) is 45.2 Å². The summed E-state index contributed by atoms with van der Waals surface area (Å²) >= 11 is 6.42. The summed E-state index contributed by atoms with van der Waals surface area (Å²) in [5.41, 5.74) is 2.42. The molecule has 1 aromatic rings. The highest BCUT2D eigenvalue weighted by molar-refractivity contribution is 6.33. The summed E-state index contributed by atoms with van der Waals surface area (Å²) in [6.07, 6.45) is 3.94. The van der Waals surface area contributed by atoms with Gasteiger partial charge < -0.3 is 10.2 Å². The Labute approximate surface area is 115 Å². The van der Waals surface area contributed by atoms with E-state index in [4.69, 9.17) is 11.6 Å². The van der Waals surface area contributed by atoms with Crippen LogP contribution < -0.4 is 10.2 Å². The van der Waals surface area contributed by atoms with Crippen molar-refractivity contribution in [1.29, 1.82) is 0 Å². The van der Waals surface area contributed by atoms with E-state index in [1.165, 1.54) is 24.8 Å². The zero-order chi connectivity index (χ0) is 13.1. The molecular weight excluding hydrogens is 244 g/mol. The van der Waals surface area contributed by atoms with Gasteiger partial charge >= 0.3 is 0 Å². The van der Waals surface area contributed by atoms with E-state index in [-0.39, 0.29) is 0 Å². The van der Waals surface area contributed by atoms with Crippen molar-refractivity contribution >= 4 is 17.3 Å². The summed E-state index contributed by atoms with van der Waals surface area (Å²) < 4.78 is 0. The van der Waals surface area contributed by atoms with E-state index in [0.717, 1.165) is 17.3 Å². The largest absolute Gasteiger partial charge is 0.370 e. The van der Waals surface area contributed by atoms with Gasteiger partial charge in [0, 0.05) is 19.1 Å². The average Bonchev–Trinajstić information content (AvgIpc) is 2.26. The Morgan fingerprint density at radius 2 is 2.17 bits per heavy atom. The van der Waals surface area contributed by atoms with Crippen LogP contribution in [0.2, 0.25) is 5.02 Å². The van der Waals surface area contributed by atoms with Crippen molar-refractivity contribution < 1.29 is 0 Å². The molecule has 1 aliphatic carbocycles. The Hall–Kier alpha value is -0.730. The molecule has 1 unspecified atom stereocenters. The number of benzene rings is 1. The van der Waals surface area contributed by atoms with Crippen LogP contribution in [0.5, 0.6) is 0 Å². The van der Waals surface area contributed by atoms with Gasteiger partial charge in [0.25, 0.3) is 0 Å². The number of nitrogens with zero attached hydrogens (tertiary/aromatic N) is 1. The van der Waals surface area contributed by atoms with Gasteiger partial charge in [0.05, 0.1) is 10.7 Å². The van der Waals surface area contributed by atoms with Crippen LogP contribution in [0.25, 0.3) is 0 Å². The van der Waals surface area contributed by atoms with Crippen LogP contribution in [0.4, 0.5) is 5.69 Å². The molecule has 3 heteroatoms. The molecule has 0 heterocycles. The van der Waals surface area contributed by atoms with Crippen molar-refractivity contribution in [2.75, 3.05) is 18.5 Å². The first-order valence-electron chi connectivity index (χ1n) is 6.89. The fourth-order valence-corrected chi connectivity index (χ4v) is 2.80. The van der Waals surface area contributed by atoms with Crippen molar-refractivity contribution in [3.05, 3.63) is 28.8 Å². The Kier molecular flexibility index (Phi) is 4.52. The minimum Gasteiger partial charge on any atom is -0.370 e. The minimum absolute atomic E-state index is 0.357. The normalized spacial score (nSPS) is 17.3. The van der Waals surface area contributed by atoms with Gasteiger partial charge in [-0.05, 0) is 50.4 Å². The maximum absolute atomic E-state index is 6.42. The first-order chi connectivity index (χ1) is 8.63. The van der Waals surface area contributed by atoms with Gasteiger partial charge in [0.15, 0.2) is 0 Å². The highest BCUT2D eigenvalue weighted by atomic mass is 35.5. The molecule has 0 bridgehead atoms. The molecule has 0 spiro atoms. The van der Waals surface area contributed by atoms with Gasteiger partial charge in [0.2, 0.25) is 0 Å². The number of halogens is 1.